The van der Waals surface area contributed by atoms with Crippen LogP contribution in [0.3, 0.4) is 0 Å². The molecule has 0 bridgehead atoms. The van der Waals surface area contributed by atoms with Crippen molar-refractivity contribution in [2.45, 2.75) is 32.0 Å². The van der Waals surface area contributed by atoms with Crippen LogP contribution in [0.1, 0.15) is 22.3 Å². The molecule has 212 valence electrons. The summed E-state index contributed by atoms with van der Waals surface area (Å²) in [4.78, 5) is 33.6. The summed E-state index contributed by atoms with van der Waals surface area (Å²) in [5, 5.41) is 3.03. The van der Waals surface area contributed by atoms with E-state index >= 15 is 0 Å². The number of amides is 2. The van der Waals surface area contributed by atoms with Gasteiger partial charge in [-0.25, -0.2) is 0 Å². The van der Waals surface area contributed by atoms with Crippen LogP contribution in [0.15, 0.2) is 97.3 Å². The zero-order valence-electron chi connectivity index (χ0n) is 23.6. The number of carbonyl (C=O) groups excluding carboxylic acids is 2. The normalized spacial score (nSPS) is 11.3. The Balaban J connectivity index is 1.66. The van der Waals surface area contributed by atoms with E-state index < -0.39 is 6.04 Å². The quantitative estimate of drug-likeness (QED) is 0.260. The highest BCUT2D eigenvalue weighted by molar-refractivity contribution is 5.89. The average Bonchev–Trinajstić information content (AvgIpc) is 3.02. The summed E-state index contributed by atoms with van der Waals surface area (Å²) in [7, 11) is 4.73. The Hall–Kier alpha value is -4.85. The van der Waals surface area contributed by atoms with Gasteiger partial charge in [0.25, 0.3) is 0 Å². The first-order valence-corrected chi connectivity index (χ1v) is 13.3. The van der Waals surface area contributed by atoms with Gasteiger partial charge in [0, 0.05) is 31.9 Å². The molecule has 4 rings (SSSR count). The summed E-state index contributed by atoms with van der Waals surface area (Å²) >= 11 is 0. The number of benzene rings is 3. The van der Waals surface area contributed by atoms with E-state index in [4.69, 9.17) is 14.2 Å². The van der Waals surface area contributed by atoms with Crippen molar-refractivity contribution in [2.75, 3.05) is 21.3 Å². The largest absolute Gasteiger partial charge is 0.497 e. The van der Waals surface area contributed by atoms with Crippen molar-refractivity contribution in [2.24, 2.45) is 0 Å². The molecule has 1 unspecified atom stereocenters. The summed E-state index contributed by atoms with van der Waals surface area (Å²) in [6, 6.07) is 25.6. The highest BCUT2D eigenvalue weighted by atomic mass is 16.5. The Morgan fingerprint density at radius 3 is 2.15 bits per heavy atom. The van der Waals surface area contributed by atoms with E-state index in [0.717, 1.165) is 22.3 Å². The maximum Gasteiger partial charge on any atom is 0.243 e. The minimum atomic E-state index is -0.760. The maximum absolute atomic E-state index is 14.0. The predicted octanol–water partition coefficient (Wildman–Crippen LogP) is 4.61. The SMILES string of the molecule is COc1ccc(CN(C(=O)Cc2ccc(OC)c(OC)c2)C(Cc2ccccc2)C(=O)NCc2cccnc2)cc1. The molecule has 2 amide bonds. The molecule has 1 heterocycles. The van der Waals surface area contributed by atoms with Gasteiger partial charge >= 0.3 is 0 Å². The first-order valence-electron chi connectivity index (χ1n) is 13.3. The minimum absolute atomic E-state index is 0.0810. The number of nitrogens with one attached hydrogen (secondary N) is 1. The Bertz CT molecular complexity index is 1410. The molecule has 8 nitrogen and oxygen atoms in total. The molecule has 0 saturated carbocycles. The maximum atomic E-state index is 14.0. The summed E-state index contributed by atoms with van der Waals surface area (Å²) in [6.07, 6.45) is 3.84. The molecule has 0 radical (unpaired) electrons. The van der Waals surface area contributed by atoms with E-state index in [1.807, 2.05) is 72.8 Å². The molecule has 0 aliphatic rings. The lowest BCUT2D eigenvalue weighted by atomic mass is 10.0. The Morgan fingerprint density at radius 1 is 0.780 bits per heavy atom. The Kier molecular flexibility index (Phi) is 10.3. The smallest absolute Gasteiger partial charge is 0.243 e. The molecule has 1 N–H and O–H groups in total. The first-order chi connectivity index (χ1) is 20.0. The average molecular weight is 554 g/mol. The predicted molar refractivity (Wildman–Crippen MR) is 157 cm³/mol. The van der Waals surface area contributed by atoms with E-state index in [1.54, 1.807) is 50.8 Å². The molecular weight excluding hydrogens is 518 g/mol. The topological polar surface area (TPSA) is 90.0 Å². The van der Waals surface area contributed by atoms with Crippen molar-refractivity contribution in [1.29, 1.82) is 0 Å². The standard InChI is InChI=1S/C33H35N3O5/c1-39-28-14-11-25(12-15-28)23-36(32(37)20-26-13-16-30(40-2)31(19-26)41-3)29(18-24-8-5-4-6-9-24)33(38)35-22-27-10-7-17-34-21-27/h4-17,19,21,29H,18,20,22-23H2,1-3H3,(H,35,38). The third-order valence-electron chi connectivity index (χ3n) is 6.78. The molecule has 4 aromatic rings. The van der Waals surface area contributed by atoms with Gasteiger partial charge in [0.05, 0.1) is 27.8 Å². The van der Waals surface area contributed by atoms with Crippen molar-refractivity contribution in [1.82, 2.24) is 15.2 Å². The molecule has 3 aromatic carbocycles. The molecule has 0 fully saturated rings. The van der Waals surface area contributed by atoms with Gasteiger partial charge in [0.15, 0.2) is 11.5 Å². The summed E-state index contributed by atoms with van der Waals surface area (Å²) in [5.74, 6) is 1.40. The van der Waals surface area contributed by atoms with E-state index in [2.05, 4.69) is 10.3 Å². The van der Waals surface area contributed by atoms with Gasteiger partial charge in [0.1, 0.15) is 11.8 Å². The molecular formula is C33H35N3O5. The summed E-state index contributed by atoms with van der Waals surface area (Å²) in [5.41, 5.74) is 3.46. The molecule has 0 aliphatic heterocycles. The number of hydrogen-bond donors (Lipinski definition) is 1. The molecule has 0 aliphatic carbocycles. The number of ether oxygens (including phenoxy) is 3. The second-order valence-electron chi connectivity index (χ2n) is 9.52. The lowest BCUT2D eigenvalue weighted by Gasteiger charge is -2.32. The van der Waals surface area contributed by atoms with Crippen molar-refractivity contribution in [3.05, 3.63) is 120 Å². The van der Waals surface area contributed by atoms with Gasteiger partial charge in [-0.15, -0.1) is 0 Å². The van der Waals surface area contributed by atoms with Crippen molar-refractivity contribution in [3.63, 3.8) is 0 Å². The Labute approximate surface area is 240 Å². The van der Waals surface area contributed by atoms with Crippen molar-refractivity contribution in [3.8, 4) is 17.2 Å². The fourth-order valence-electron chi connectivity index (χ4n) is 4.56. The van der Waals surface area contributed by atoms with E-state index in [0.29, 0.717) is 30.2 Å². The monoisotopic (exact) mass is 553 g/mol. The number of carbonyl (C=O) groups is 2. The number of methoxy groups -OCH3 is 3. The highest BCUT2D eigenvalue weighted by Crippen LogP contribution is 2.28. The van der Waals surface area contributed by atoms with Gasteiger partial charge in [-0.05, 0) is 52.6 Å². The fourth-order valence-corrected chi connectivity index (χ4v) is 4.56. The van der Waals surface area contributed by atoms with E-state index in [9.17, 15) is 9.59 Å². The number of rotatable bonds is 13. The van der Waals surface area contributed by atoms with Gasteiger partial charge in [-0.3, -0.25) is 14.6 Å². The van der Waals surface area contributed by atoms with Crippen LogP contribution >= 0.6 is 0 Å². The van der Waals surface area contributed by atoms with Crippen LogP contribution in [-0.4, -0.2) is 49.1 Å². The third-order valence-corrected chi connectivity index (χ3v) is 6.78. The van der Waals surface area contributed by atoms with Gasteiger partial charge in [0.2, 0.25) is 11.8 Å². The second-order valence-corrected chi connectivity index (χ2v) is 9.52. The van der Waals surface area contributed by atoms with E-state index in [1.165, 1.54) is 0 Å². The Morgan fingerprint density at radius 2 is 1.49 bits per heavy atom. The first kappa shape index (κ1) is 29.1. The van der Waals surface area contributed by atoms with Crippen molar-refractivity contribution >= 4 is 11.8 Å². The zero-order chi connectivity index (χ0) is 29.0. The van der Waals surface area contributed by atoms with Gasteiger partial charge in [-0.1, -0.05) is 54.6 Å². The third kappa shape index (κ3) is 8.08. The van der Waals surface area contributed by atoms with Crippen molar-refractivity contribution < 1.29 is 23.8 Å². The number of hydrogen-bond acceptors (Lipinski definition) is 6. The summed E-state index contributed by atoms with van der Waals surface area (Å²) in [6.45, 7) is 0.548. The molecule has 41 heavy (non-hydrogen) atoms. The zero-order valence-corrected chi connectivity index (χ0v) is 23.6. The van der Waals surface area contributed by atoms with E-state index in [-0.39, 0.29) is 24.8 Å². The molecule has 1 atom stereocenters. The summed E-state index contributed by atoms with van der Waals surface area (Å²) < 4.78 is 16.1. The number of pyridine rings is 1. The lowest BCUT2D eigenvalue weighted by Crippen LogP contribution is -2.50. The van der Waals surface area contributed by atoms with Crippen LogP contribution in [0.5, 0.6) is 17.2 Å². The number of aromatic nitrogens is 1. The molecule has 0 saturated heterocycles. The second kappa shape index (κ2) is 14.5. The van der Waals surface area contributed by atoms with Crippen LogP contribution in [0.2, 0.25) is 0 Å². The molecule has 1 aromatic heterocycles. The fraction of sp³-hybridized carbons (Fsp3) is 0.242. The van der Waals surface area contributed by atoms with Crippen LogP contribution < -0.4 is 19.5 Å². The minimum Gasteiger partial charge on any atom is -0.497 e. The van der Waals surface area contributed by atoms with Crippen LogP contribution in [0.25, 0.3) is 0 Å². The van der Waals surface area contributed by atoms with Gasteiger partial charge < -0.3 is 24.4 Å². The molecule has 0 spiro atoms. The number of nitrogens with zero attached hydrogens (tertiary/aromatic N) is 2. The van der Waals surface area contributed by atoms with Crippen LogP contribution in [-0.2, 0) is 35.5 Å². The highest BCUT2D eigenvalue weighted by Gasteiger charge is 2.30. The van der Waals surface area contributed by atoms with Crippen LogP contribution in [0.4, 0.5) is 0 Å². The van der Waals surface area contributed by atoms with Gasteiger partial charge in [-0.2, -0.15) is 0 Å². The lowest BCUT2D eigenvalue weighted by molar-refractivity contribution is -0.140. The van der Waals surface area contributed by atoms with Crippen LogP contribution in [0, 0.1) is 0 Å². The molecule has 8 heteroatoms.